The number of fused-ring (bicyclic) bond motifs is 2. The molecule has 1 aliphatic heterocycles. The fourth-order valence-electron chi connectivity index (χ4n) is 3.92. The molecule has 6 nitrogen and oxygen atoms in total. The van der Waals surface area contributed by atoms with Crippen molar-refractivity contribution in [1.29, 1.82) is 0 Å². The molecule has 0 saturated carbocycles. The summed E-state index contributed by atoms with van der Waals surface area (Å²) in [5.74, 6) is 0.847. The van der Waals surface area contributed by atoms with Gasteiger partial charge in [-0.1, -0.05) is 24.3 Å². The third-order valence-electron chi connectivity index (χ3n) is 5.25. The number of benzene rings is 2. The van der Waals surface area contributed by atoms with Gasteiger partial charge in [-0.05, 0) is 36.4 Å². The Balaban J connectivity index is 1.57. The predicted octanol–water partition coefficient (Wildman–Crippen LogP) is 4.24. The SMILES string of the molecule is O=c1[nH]c2cccc3c2n1-c1cccc(-c2ccc(-n4cccc4)nc2)c1N=C3. The van der Waals surface area contributed by atoms with E-state index in [4.69, 9.17) is 4.99 Å². The second-order valence-corrected chi connectivity index (χ2v) is 6.94. The van der Waals surface area contributed by atoms with Crippen LogP contribution in [0.2, 0.25) is 0 Å². The third-order valence-corrected chi connectivity index (χ3v) is 5.25. The zero-order valence-electron chi connectivity index (χ0n) is 15.3. The van der Waals surface area contributed by atoms with Crippen molar-refractivity contribution >= 4 is 22.9 Å². The zero-order chi connectivity index (χ0) is 19.4. The molecule has 0 atom stereocenters. The summed E-state index contributed by atoms with van der Waals surface area (Å²) in [6, 6.07) is 19.6. The number of nitrogens with zero attached hydrogens (tertiary/aromatic N) is 4. The van der Waals surface area contributed by atoms with E-state index in [0.717, 1.165) is 44.9 Å². The van der Waals surface area contributed by atoms with Crippen LogP contribution in [0.1, 0.15) is 5.56 Å². The first kappa shape index (κ1) is 15.8. The molecule has 4 heterocycles. The van der Waals surface area contributed by atoms with Gasteiger partial charge in [0, 0.05) is 41.5 Å². The van der Waals surface area contributed by atoms with Crippen molar-refractivity contribution in [3.05, 3.63) is 95.3 Å². The van der Waals surface area contributed by atoms with Crippen LogP contribution in [0, 0.1) is 0 Å². The van der Waals surface area contributed by atoms with E-state index < -0.39 is 0 Å². The number of pyridine rings is 1. The number of hydrogen-bond donors (Lipinski definition) is 1. The molecule has 3 aromatic heterocycles. The molecule has 0 bridgehead atoms. The van der Waals surface area contributed by atoms with Gasteiger partial charge < -0.3 is 9.55 Å². The fraction of sp³-hybridized carbons (Fsp3) is 0. The van der Waals surface area contributed by atoms with Crippen LogP contribution in [-0.4, -0.2) is 25.3 Å². The Hall–Kier alpha value is -4.19. The van der Waals surface area contributed by atoms with Crippen LogP contribution in [0.3, 0.4) is 0 Å². The van der Waals surface area contributed by atoms with Gasteiger partial charge in [0.15, 0.2) is 0 Å². The number of rotatable bonds is 2. The average Bonchev–Trinajstić information content (AvgIpc) is 3.35. The first-order valence-corrected chi connectivity index (χ1v) is 9.30. The lowest BCUT2D eigenvalue weighted by molar-refractivity contribution is 1.01. The van der Waals surface area contributed by atoms with Gasteiger partial charge in [-0.2, -0.15) is 0 Å². The minimum atomic E-state index is -0.169. The normalized spacial score (nSPS) is 12.1. The molecule has 6 heteroatoms. The molecule has 0 spiro atoms. The number of para-hydroxylation sites is 2. The van der Waals surface area contributed by atoms with Gasteiger partial charge in [-0.25, -0.2) is 9.78 Å². The molecule has 2 aromatic carbocycles. The Morgan fingerprint density at radius 2 is 1.76 bits per heavy atom. The summed E-state index contributed by atoms with van der Waals surface area (Å²) in [7, 11) is 0. The van der Waals surface area contributed by atoms with E-state index in [2.05, 4.69) is 9.97 Å². The van der Waals surface area contributed by atoms with E-state index in [9.17, 15) is 4.79 Å². The van der Waals surface area contributed by atoms with Gasteiger partial charge in [0.2, 0.25) is 0 Å². The van der Waals surface area contributed by atoms with E-state index in [-0.39, 0.29) is 5.69 Å². The molecule has 0 fully saturated rings. The van der Waals surface area contributed by atoms with Crippen molar-refractivity contribution in [1.82, 2.24) is 19.1 Å². The first-order valence-electron chi connectivity index (χ1n) is 9.30. The Kier molecular flexibility index (Phi) is 3.22. The van der Waals surface area contributed by atoms with Crippen LogP contribution in [0.5, 0.6) is 0 Å². The highest BCUT2D eigenvalue weighted by atomic mass is 16.1. The van der Waals surface area contributed by atoms with Crippen molar-refractivity contribution in [2.24, 2.45) is 4.99 Å². The number of imidazole rings is 1. The number of aromatic amines is 1. The van der Waals surface area contributed by atoms with E-state index in [1.807, 2.05) is 90.0 Å². The minimum Gasteiger partial charge on any atom is -0.309 e. The summed E-state index contributed by atoms with van der Waals surface area (Å²) in [6.45, 7) is 0. The Labute approximate surface area is 165 Å². The highest BCUT2D eigenvalue weighted by Crippen LogP contribution is 2.38. The summed E-state index contributed by atoms with van der Waals surface area (Å²) in [4.78, 5) is 25.0. The summed E-state index contributed by atoms with van der Waals surface area (Å²) >= 11 is 0. The molecular weight excluding hydrogens is 362 g/mol. The first-order chi connectivity index (χ1) is 14.3. The molecule has 0 unspecified atom stereocenters. The van der Waals surface area contributed by atoms with Gasteiger partial charge in [-0.15, -0.1) is 0 Å². The molecule has 29 heavy (non-hydrogen) atoms. The monoisotopic (exact) mass is 377 g/mol. The van der Waals surface area contributed by atoms with Crippen LogP contribution < -0.4 is 5.69 Å². The van der Waals surface area contributed by atoms with Gasteiger partial charge in [0.05, 0.1) is 22.4 Å². The van der Waals surface area contributed by atoms with Crippen LogP contribution in [-0.2, 0) is 0 Å². The van der Waals surface area contributed by atoms with Gasteiger partial charge >= 0.3 is 5.69 Å². The number of nitrogens with one attached hydrogen (secondary N) is 1. The molecule has 1 N–H and O–H groups in total. The van der Waals surface area contributed by atoms with Gasteiger partial charge in [0.1, 0.15) is 5.82 Å². The maximum Gasteiger partial charge on any atom is 0.331 e. The predicted molar refractivity (Wildman–Crippen MR) is 114 cm³/mol. The summed E-state index contributed by atoms with van der Waals surface area (Å²) < 4.78 is 3.66. The topological polar surface area (TPSA) is 68.0 Å². The summed E-state index contributed by atoms with van der Waals surface area (Å²) in [5.41, 5.74) is 5.77. The standard InChI is InChI=1S/C23H15N5O/c29-23-26-18-7-3-5-16-14-25-21-17(6-4-8-19(21)28(23)22(16)18)15-9-10-20(24-13-15)27-11-1-2-12-27/h1-14H,(H,26,29). The second-order valence-electron chi connectivity index (χ2n) is 6.94. The Morgan fingerprint density at radius 1 is 0.897 bits per heavy atom. The van der Waals surface area contributed by atoms with Crippen LogP contribution in [0.15, 0.2) is 89.0 Å². The Morgan fingerprint density at radius 3 is 2.59 bits per heavy atom. The third kappa shape index (κ3) is 2.32. The van der Waals surface area contributed by atoms with E-state index in [1.54, 1.807) is 4.57 Å². The van der Waals surface area contributed by atoms with Crippen molar-refractivity contribution < 1.29 is 0 Å². The highest BCUT2D eigenvalue weighted by Gasteiger charge is 2.19. The highest BCUT2D eigenvalue weighted by molar-refractivity contribution is 6.01. The van der Waals surface area contributed by atoms with Crippen LogP contribution >= 0.6 is 0 Å². The lowest BCUT2D eigenvalue weighted by atomic mass is 10.0. The van der Waals surface area contributed by atoms with Gasteiger partial charge in [-0.3, -0.25) is 9.56 Å². The fourth-order valence-corrected chi connectivity index (χ4v) is 3.92. The number of hydrogen-bond acceptors (Lipinski definition) is 3. The quantitative estimate of drug-likeness (QED) is 0.490. The molecule has 0 aliphatic carbocycles. The largest absolute Gasteiger partial charge is 0.331 e. The molecule has 138 valence electrons. The number of H-pyrrole nitrogens is 1. The van der Waals surface area contributed by atoms with Crippen molar-refractivity contribution in [3.8, 4) is 22.6 Å². The van der Waals surface area contributed by atoms with Crippen molar-refractivity contribution in [2.45, 2.75) is 0 Å². The number of aromatic nitrogens is 4. The van der Waals surface area contributed by atoms with E-state index >= 15 is 0 Å². The van der Waals surface area contributed by atoms with E-state index in [1.165, 1.54) is 0 Å². The molecule has 0 saturated heterocycles. The molecule has 0 radical (unpaired) electrons. The summed E-state index contributed by atoms with van der Waals surface area (Å²) in [6.07, 6.45) is 7.58. The average molecular weight is 377 g/mol. The molecule has 5 aromatic rings. The van der Waals surface area contributed by atoms with E-state index in [0.29, 0.717) is 0 Å². The zero-order valence-corrected chi connectivity index (χ0v) is 15.3. The smallest absolute Gasteiger partial charge is 0.309 e. The lowest BCUT2D eigenvalue weighted by Crippen LogP contribution is -2.14. The molecule has 6 rings (SSSR count). The maximum absolute atomic E-state index is 12.7. The summed E-state index contributed by atoms with van der Waals surface area (Å²) in [5, 5.41) is 0. The van der Waals surface area contributed by atoms with Crippen molar-refractivity contribution in [3.63, 3.8) is 0 Å². The minimum absolute atomic E-state index is 0.169. The van der Waals surface area contributed by atoms with Crippen molar-refractivity contribution in [2.75, 3.05) is 0 Å². The molecular formula is C23H15N5O. The molecule has 0 amide bonds. The lowest BCUT2D eigenvalue weighted by Gasteiger charge is -2.11. The van der Waals surface area contributed by atoms with Crippen LogP contribution in [0.25, 0.3) is 33.7 Å². The van der Waals surface area contributed by atoms with Crippen LogP contribution in [0.4, 0.5) is 5.69 Å². The maximum atomic E-state index is 12.7. The Bertz CT molecular complexity index is 1450. The second kappa shape index (κ2) is 5.90. The molecule has 1 aliphatic rings. The number of aliphatic imine (C=N–C) groups is 1. The van der Waals surface area contributed by atoms with Gasteiger partial charge in [0.25, 0.3) is 0 Å².